The van der Waals surface area contributed by atoms with E-state index in [0.29, 0.717) is 28.5 Å². The zero-order valence-electron chi connectivity index (χ0n) is 17.1. The Bertz CT molecular complexity index is 1430. The number of nitrogens with one attached hydrogen (secondary N) is 1. The van der Waals surface area contributed by atoms with Crippen LogP contribution in [0.1, 0.15) is 23.1 Å². The molecule has 2 heterocycles. The van der Waals surface area contributed by atoms with Gasteiger partial charge in [0.05, 0.1) is 11.0 Å². The minimum Gasteiger partial charge on any atom is -0.436 e. The number of ether oxygens (including phenoxy) is 1. The van der Waals surface area contributed by atoms with Gasteiger partial charge in [0.15, 0.2) is 0 Å². The molecule has 0 saturated carbocycles. The summed E-state index contributed by atoms with van der Waals surface area (Å²) in [4.78, 5) is 16.9. The highest BCUT2D eigenvalue weighted by molar-refractivity contribution is 6.04. The molecule has 7 nitrogen and oxygen atoms in total. The Hall–Kier alpha value is -4.33. The highest BCUT2D eigenvalue weighted by atomic mass is 19.1. The van der Waals surface area contributed by atoms with Crippen molar-refractivity contribution >= 4 is 28.3 Å². The molecule has 158 valence electrons. The first kappa shape index (κ1) is 19.6. The second-order valence-electron chi connectivity index (χ2n) is 7.12. The van der Waals surface area contributed by atoms with Gasteiger partial charge < -0.3 is 10.1 Å². The lowest BCUT2D eigenvalue weighted by Gasteiger charge is -2.10. The summed E-state index contributed by atoms with van der Waals surface area (Å²) in [5, 5.41) is 11.3. The Balaban J connectivity index is 1.41. The Morgan fingerprint density at radius 3 is 2.50 bits per heavy atom. The third kappa shape index (κ3) is 3.62. The molecule has 0 unspecified atom stereocenters. The number of para-hydroxylation sites is 2. The topological polar surface area (TPSA) is 81.4 Å². The van der Waals surface area contributed by atoms with E-state index in [1.165, 1.54) is 24.3 Å². The van der Waals surface area contributed by atoms with Crippen molar-refractivity contribution in [2.24, 2.45) is 0 Å². The fourth-order valence-electron chi connectivity index (χ4n) is 3.44. The molecular formula is C24H18FN5O2. The van der Waals surface area contributed by atoms with Crippen LogP contribution in [0, 0.1) is 5.82 Å². The van der Waals surface area contributed by atoms with E-state index in [4.69, 9.17) is 4.74 Å². The number of aromatic nitrogens is 4. The van der Waals surface area contributed by atoms with Crippen LogP contribution in [-0.2, 0) is 6.42 Å². The minimum atomic E-state index is -0.391. The molecule has 3 aromatic carbocycles. The number of hydrogen-bond donors (Lipinski definition) is 1. The largest absolute Gasteiger partial charge is 0.436 e. The number of halogens is 1. The fraction of sp³-hybridized carbons (Fsp3) is 0.0833. The molecule has 0 saturated heterocycles. The smallest absolute Gasteiger partial charge is 0.266 e. The first-order valence-corrected chi connectivity index (χ1v) is 10.1. The Labute approximate surface area is 182 Å². The van der Waals surface area contributed by atoms with Crippen molar-refractivity contribution in [1.82, 2.24) is 19.6 Å². The number of fused-ring (bicyclic) bond motifs is 3. The highest BCUT2D eigenvalue weighted by Gasteiger charge is 2.16. The second kappa shape index (κ2) is 8.07. The molecule has 1 N–H and O–H groups in total. The molecule has 5 rings (SSSR count). The Morgan fingerprint density at radius 2 is 1.75 bits per heavy atom. The molecule has 5 aromatic rings. The maximum absolute atomic E-state index is 13.0. The molecule has 32 heavy (non-hydrogen) atoms. The number of aryl methyl sites for hydroxylation is 1. The third-order valence-electron chi connectivity index (χ3n) is 5.02. The van der Waals surface area contributed by atoms with Crippen molar-refractivity contribution in [2.75, 3.05) is 5.32 Å². The SMILES string of the molecule is CCc1nnc2c(Oc3ccc(NC(=O)c4ccc(F)cc4)cc3)nc3ccccc3n12. The monoisotopic (exact) mass is 427 g/mol. The first-order chi connectivity index (χ1) is 15.6. The molecule has 8 heteroatoms. The lowest BCUT2D eigenvalue weighted by molar-refractivity contribution is 0.102. The van der Waals surface area contributed by atoms with Crippen LogP contribution in [0.5, 0.6) is 11.6 Å². The van der Waals surface area contributed by atoms with Gasteiger partial charge in [0, 0.05) is 17.7 Å². The van der Waals surface area contributed by atoms with Crippen molar-refractivity contribution in [3.8, 4) is 11.6 Å². The number of amides is 1. The van der Waals surface area contributed by atoms with E-state index in [9.17, 15) is 9.18 Å². The van der Waals surface area contributed by atoms with E-state index in [0.717, 1.165) is 23.3 Å². The van der Waals surface area contributed by atoms with Crippen molar-refractivity contribution < 1.29 is 13.9 Å². The van der Waals surface area contributed by atoms with Crippen LogP contribution in [0.15, 0.2) is 72.8 Å². The van der Waals surface area contributed by atoms with Crippen molar-refractivity contribution in [2.45, 2.75) is 13.3 Å². The maximum Gasteiger partial charge on any atom is 0.266 e. The summed E-state index contributed by atoms with van der Waals surface area (Å²) >= 11 is 0. The molecule has 0 aliphatic carbocycles. The second-order valence-corrected chi connectivity index (χ2v) is 7.12. The summed E-state index contributed by atoms with van der Waals surface area (Å²) in [5.41, 5.74) is 3.17. The molecule has 2 aromatic heterocycles. The van der Waals surface area contributed by atoms with Crippen LogP contribution in [0.4, 0.5) is 10.1 Å². The van der Waals surface area contributed by atoms with Gasteiger partial charge in [0.2, 0.25) is 5.65 Å². The Kier molecular flexibility index (Phi) is 4.95. The molecule has 0 atom stereocenters. The normalized spacial score (nSPS) is 11.1. The van der Waals surface area contributed by atoms with Crippen molar-refractivity contribution in [1.29, 1.82) is 0 Å². The van der Waals surface area contributed by atoms with Crippen LogP contribution >= 0.6 is 0 Å². The van der Waals surface area contributed by atoms with Crippen molar-refractivity contribution in [3.05, 3.63) is 90.0 Å². The zero-order chi connectivity index (χ0) is 22.1. The van der Waals surface area contributed by atoms with Crippen LogP contribution in [-0.4, -0.2) is 25.5 Å². The summed E-state index contributed by atoms with van der Waals surface area (Å²) in [6.45, 7) is 2.02. The summed E-state index contributed by atoms with van der Waals surface area (Å²) in [5.74, 6) is 0.988. The minimum absolute atomic E-state index is 0.327. The van der Waals surface area contributed by atoms with Crippen LogP contribution in [0.2, 0.25) is 0 Å². The lowest BCUT2D eigenvalue weighted by atomic mass is 10.2. The molecule has 0 bridgehead atoms. The number of anilines is 1. The van der Waals surface area contributed by atoms with Gasteiger partial charge in [-0.15, -0.1) is 10.2 Å². The highest BCUT2D eigenvalue weighted by Crippen LogP contribution is 2.28. The molecular weight excluding hydrogens is 409 g/mol. The van der Waals surface area contributed by atoms with Gasteiger partial charge in [-0.3, -0.25) is 9.20 Å². The lowest BCUT2D eigenvalue weighted by Crippen LogP contribution is -2.11. The number of hydrogen-bond acceptors (Lipinski definition) is 5. The molecule has 0 fully saturated rings. The van der Waals surface area contributed by atoms with Gasteiger partial charge in [0.1, 0.15) is 17.4 Å². The quantitative estimate of drug-likeness (QED) is 0.426. The average molecular weight is 427 g/mol. The van der Waals surface area contributed by atoms with Gasteiger partial charge in [-0.25, -0.2) is 9.37 Å². The summed E-state index contributed by atoms with van der Waals surface area (Å²) < 4.78 is 21.0. The predicted octanol–water partition coefficient (Wildman–Crippen LogP) is 5.02. The average Bonchev–Trinajstić information content (AvgIpc) is 3.26. The molecule has 1 amide bonds. The maximum atomic E-state index is 13.0. The van der Waals surface area contributed by atoms with E-state index in [2.05, 4.69) is 20.5 Å². The van der Waals surface area contributed by atoms with E-state index < -0.39 is 5.82 Å². The number of rotatable bonds is 5. The van der Waals surface area contributed by atoms with E-state index in [-0.39, 0.29) is 5.91 Å². The van der Waals surface area contributed by atoms with E-state index in [1.807, 2.05) is 35.6 Å². The molecule has 0 aliphatic heterocycles. The number of carbonyl (C=O) groups excluding carboxylic acids is 1. The van der Waals surface area contributed by atoms with Gasteiger partial charge in [-0.1, -0.05) is 19.1 Å². The zero-order valence-corrected chi connectivity index (χ0v) is 17.1. The van der Waals surface area contributed by atoms with E-state index in [1.54, 1.807) is 24.3 Å². The van der Waals surface area contributed by atoms with Crippen LogP contribution in [0.3, 0.4) is 0 Å². The number of nitrogens with zero attached hydrogens (tertiary/aromatic N) is 4. The molecule has 0 radical (unpaired) electrons. The standard InChI is InChI=1S/C24H18FN5O2/c1-2-21-28-29-22-24(27-19-5-3-4-6-20(19)30(21)22)32-18-13-11-17(12-14-18)26-23(31)15-7-9-16(25)10-8-15/h3-14H,2H2,1H3,(H,26,31). The first-order valence-electron chi connectivity index (χ1n) is 10.1. The number of carbonyl (C=O) groups is 1. The van der Waals surface area contributed by atoms with Crippen LogP contribution < -0.4 is 10.1 Å². The summed E-state index contributed by atoms with van der Waals surface area (Å²) in [6, 6.07) is 20.0. The van der Waals surface area contributed by atoms with Crippen LogP contribution in [0.25, 0.3) is 16.7 Å². The number of benzene rings is 3. The van der Waals surface area contributed by atoms with Crippen molar-refractivity contribution in [3.63, 3.8) is 0 Å². The van der Waals surface area contributed by atoms with Gasteiger partial charge in [-0.05, 0) is 60.7 Å². The van der Waals surface area contributed by atoms with Gasteiger partial charge >= 0.3 is 0 Å². The van der Waals surface area contributed by atoms with Gasteiger partial charge in [-0.2, -0.15) is 0 Å². The third-order valence-corrected chi connectivity index (χ3v) is 5.02. The van der Waals surface area contributed by atoms with Gasteiger partial charge in [0.25, 0.3) is 11.8 Å². The fourth-order valence-corrected chi connectivity index (χ4v) is 3.44. The predicted molar refractivity (Wildman–Crippen MR) is 119 cm³/mol. The molecule has 0 aliphatic rings. The Morgan fingerprint density at radius 1 is 1.00 bits per heavy atom. The van der Waals surface area contributed by atoms with E-state index >= 15 is 0 Å². The summed E-state index contributed by atoms with van der Waals surface area (Å²) in [7, 11) is 0. The molecule has 0 spiro atoms. The summed E-state index contributed by atoms with van der Waals surface area (Å²) in [6.07, 6.45) is 0.719.